The SMILES string of the molecule is Cc1sc(NC(=O)c2ccc(Nc3cc(N(C)C)ncn3)cc2)nc1-c1cccc(C(F)(F)F)c1F. The molecule has 0 aliphatic rings. The van der Waals surface area contributed by atoms with Crippen molar-refractivity contribution in [1.29, 1.82) is 0 Å². The van der Waals surface area contributed by atoms with Crippen molar-refractivity contribution in [3.05, 3.63) is 76.7 Å². The molecule has 2 N–H and O–H groups in total. The van der Waals surface area contributed by atoms with E-state index in [1.807, 2.05) is 19.0 Å². The molecular formula is C24H20F4N6OS. The number of anilines is 4. The molecule has 7 nitrogen and oxygen atoms in total. The Balaban J connectivity index is 1.48. The Morgan fingerprint density at radius 2 is 1.78 bits per heavy atom. The van der Waals surface area contributed by atoms with E-state index in [2.05, 4.69) is 25.6 Å². The highest BCUT2D eigenvalue weighted by atomic mass is 32.1. The van der Waals surface area contributed by atoms with E-state index in [1.54, 1.807) is 37.3 Å². The summed E-state index contributed by atoms with van der Waals surface area (Å²) in [6, 6.07) is 11.4. The Labute approximate surface area is 207 Å². The fourth-order valence-electron chi connectivity index (χ4n) is 3.32. The number of nitrogens with one attached hydrogen (secondary N) is 2. The Bertz CT molecular complexity index is 1400. The second kappa shape index (κ2) is 9.90. The molecule has 0 aliphatic heterocycles. The summed E-state index contributed by atoms with van der Waals surface area (Å²) in [4.78, 5) is 27.5. The second-order valence-electron chi connectivity index (χ2n) is 7.90. The summed E-state index contributed by atoms with van der Waals surface area (Å²) in [6.07, 6.45) is -3.39. The number of thiazole rings is 1. The Morgan fingerprint density at radius 3 is 2.44 bits per heavy atom. The van der Waals surface area contributed by atoms with Gasteiger partial charge in [-0.1, -0.05) is 6.07 Å². The Kier molecular flexibility index (Phi) is 6.88. The highest BCUT2D eigenvalue weighted by Crippen LogP contribution is 2.38. The second-order valence-corrected chi connectivity index (χ2v) is 9.10. The van der Waals surface area contributed by atoms with Crippen LogP contribution in [0.15, 0.2) is 54.9 Å². The lowest BCUT2D eigenvalue weighted by Crippen LogP contribution is -2.12. The third-order valence-electron chi connectivity index (χ3n) is 5.11. The summed E-state index contributed by atoms with van der Waals surface area (Å²) >= 11 is 1.04. The first kappa shape index (κ1) is 25.0. The molecule has 4 rings (SSSR count). The number of benzene rings is 2. The molecule has 0 unspecified atom stereocenters. The van der Waals surface area contributed by atoms with Gasteiger partial charge in [0.15, 0.2) is 5.13 Å². The largest absolute Gasteiger partial charge is 0.419 e. The van der Waals surface area contributed by atoms with Gasteiger partial charge in [-0.05, 0) is 43.3 Å². The fraction of sp³-hybridized carbons (Fsp3) is 0.167. The third-order valence-corrected chi connectivity index (χ3v) is 5.99. The third kappa shape index (κ3) is 5.43. The van der Waals surface area contributed by atoms with Gasteiger partial charge in [0.05, 0.1) is 11.3 Å². The van der Waals surface area contributed by atoms with Gasteiger partial charge in [0.2, 0.25) is 0 Å². The molecular weight excluding hydrogens is 496 g/mol. The zero-order valence-electron chi connectivity index (χ0n) is 19.3. The molecule has 0 aliphatic carbocycles. The molecule has 1 amide bonds. The van der Waals surface area contributed by atoms with Gasteiger partial charge in [-0.3, -0.25) is 10.1 Å². The van der Waals surface area contributed by atoms with E-state index >= 15 is 0 Å². The van der Waals surface area contributed by atoms with Gasteiger partial charge in [0.25, 0.3) is 5.91 Å². The Morgan fingerprint density at radius 1 is 1.06 bits per heavy atom. The van der Waals surface area contributed by atoms with Gasteiger partial charge in [-0.25, -0.2) is 19.3 Å². The summed E-state index contributed by atoms with van der Waals surface area (Å²) in [7, 11) is 3.73. The van der Waals surface area contributed by atoms with Crippen LogP contribution in [0, 0.1) is 12.7 Å². The van der Waals surface area contributed by atoms with Crippen LogP contribution < -0.4 is 15.5 Å². The number of aromatic nitrogens is 3. The van der Waals surface area contributed by atoms with E-state index in [0.29, 0.717) is 28.0 Å². The maximum absolute atomic E-state index is 14.6. The van der Waals surface area contributed by atoms with Crippen LogP contribution in [0.5, 0.6) is 0 Å². The first-order chi connectivity index (χ1) is 17.0. The molecule has 0 fully saturated rings. The number of carbonyl (C=O) groups is 1. The zero-order valence-corrected chi connectivity index (χ0v) is 20.1. The molecule has 2 aromatic carbocycles. The number of hydrogen-bond acceptors (Lipinski definition) is 7. The maximum Gasteiger partial charge on any atom is 0.419 e. The molecule has 0 atom stereocenters. The normalized spacial score (nSPS) is 11.3. The molecule has 0 saturated heterocycles. The van der Waals surface area contributed by atoms with Crippen LogP contribution in [0.2, 0.25) is 0 Å². The van der Waals surface area contributed by atoms with Gasteiger partial charge < -0.3 is 10.2 Å². The van der Waals surface area contributed by atoms with Crippen molar-refractivity contribution in [2.24, 2.45) is 0 Å². The predicted octanol–water partition coefficient (Wildman–Crippen LogP) is 6.13. The summed E-state index contributed by atoms with van der Waals surface area (Å²) < 4.78 is 53.8. The van der Waals surface area contributed by atoms with Crippen LogP contribution >= 0.6 is 11.3 Å². The minimum Gasteiger partial charge on any atom is -0.363 e. The molecule has 0 saturated carbocycles. The monoisotopic (exact) mass is 516 g/mol. The van der Waals surface area contributed by atoms with Gasteiger partial charge >= 0.3 is 6.18 Å². The lowest BCUT2D eigenvalue weighted by atomic mass is 10.1. The summed E-state index contributed by atoms with van der Waals surface area (Å²) in [5.74, 6) is -0.561. The number of hydrogen-bond donors (Lipinski definition) is 2. The van der Waals surface area contributed by atoms with Crippen LogP contribution in [0.25, 0.3) is 11.3 Å². The van der Waals surface area contributed by atoms with Crippen LogP contribution in [0.3, 0.4) is 0 Å². The lowest BCUT2D eigenvalue weighted by molar-refractivity contribution is -0.139. The van der Waals surface area contributed by atoms with E-state index in [9.17, 15) is 22.4 Å². The number of rotatable bonds is 6. The number of alkyl halides is 3. The van der Waals surface area contributed by atoms with Gasteiger partial charge in [0, 0.05) is 41.9 Å². The highest BCUT2D eigenvalue weighted by Gasteiger charge is 2.35. The standard InChI is InChI=1S/C24H20F4N6OS/c1-13-21(16-5-4-6-17(20(16)25)24(26,27)28)32-23(36-13)33-22(35)14-7-9-15(10-8-14)31-18-11-19(34(2)3)30-12-29-18/h4-12H,1-3H3,(H,29,30,31)(H,32,33,35). The minimum atomic E-state index is -4.83. The van der Waals surface area contributed by atoms with Crippen molar-refractivity contribution in [3.63, 3.8) is 0 Å². The Hall–Kier alpha value is -4.06. The zero-order chi connectivity index (χ0) is 26.0. The molecule has 0 radical (unpaired) electrons. The summed E-state index contributed by atoms with van der Waals surface area (Å²) in [6.45, 7) is 1.59. The maximum atomic E-state index is 14.6. The molecule has 0 spiro atoms. The minimum absolute atomic E-state index is 0.0420. The molecule has 36 heavy (non-hydrogen) atoms. The van der Waals surface area contributed by atoms with Crippen LogP contribution in [0.1, 0.15) is 20.8 Å². The van der Waals surface area contributed by atoms with Crippen molar-refractivity contribution in [3.8, 4) is 11.3 Å². The average Bonchev–Trinajstić information content (AvgIpc) is 3.18. The number of amides is 1. The van der Waals surface area contributed by atoms with Crippen LogP contribution in [-0.2, 0) is 6.18 Å². The van der Waals surface area contributed by atoms with E-state index in [0.717, 1.165) is 23.2 Å². The first-order valence-corrected chi connectivity index (χ1v) is 11.4. The molecule has 12 heteroatoms. The fourth-order valence-corrected chi connectivity index (χ4v) is 4.14. The number of nitrogens with zero attached hydrogens (tertiary/aromatic N) is 4. The van der Waals surface area contributed by atoms with Crippen molar-refractivity contribution >= 4 is 39.7 Å². The van der Waals surface area contributed by atoms with Crippen LogP contribution in [-0.4, -0.2) is 35.0 Å². The van der Waals surface area contributed by atoms with Crippen molar-refractivity contribution in [1.82, 2.24) is 15.0 Å². The van der Waals surface area contributed by atoms with E-state index < -0.39 is 23.5 Å². The van der Waals surface area contributed by atoms with E-state index in [-0.39, 0.29) is 16.4 Å². The van der Waals surface area contributed by atoms with Crippen LogP contribution in [0.4, 0.5) is 40.0 Å². The highest BCUT2D eigenvalue weighted by molar-refractivity contribution is 7.16. The molecule has 2 aromatic heterocycles. The van der Waals surface area contributed by atoms with Crippen molar-refractivity contribution < 1.29 is 22.4 Å². The summed E-state index contributed by atoms with van der Waals surface area (Å²) in [5, 5.41) is 5.89. The smallest absolute Gasteiger partial charge is 0.363 e. The number of carbonyl (C=O) groups excluding carboxylic acids is 1. The molecule has 4 aromatic rings. The first-order valence-electron chi connectivity index (χ1n) is 10.5. The summed E-state index contributed by atoms with van der Waals surface area (Å²) in [5.41, 5.74) is -0.581. The van der Waals surface area contributed by atoms with Crippen molar-refractivity contribution in [2.45, 2.75) is 13.1 Å². The van der Waals surface area contributed by atoms with Gasteiger partial charge in [-0.15, -0.1) is 11.3 Å². The topological polar surface area (TPSA) is 83.0 Å². The number of aryl methyl sites for hydroxylation is 1. The predicted molar refractivity (Wildman–Crippen MR) is 131 cm³/mol. The van der Waals surface area contributed by atoms with Crippen molar-refractivity contribution in [2.75, 3.05) is 29.6 Å². The lowest BCUT2D eigenvalue weighted by Gasteiger charge is -2.12. The van der Waals surface area contributed by atoms with E-state index in [4.69, 9.17) is 0 Å². The van der Waals surface area contributed by atoms with Gasteiger partial charge in [0.1, 0.15) is 23.8 Å². The van der Waals surface area contributed by atoms with E-state index in [1.165, 1.54) is 12.4 Å². The molecule has 186 valence electrons. The quantitative estimate of drug-likeness (QED) is 0.300. The van der Waals surface area contributed by atoms with Gasteiger partial charge in [-0.2, -0.15) is 13.2 Å². The average molecular weight is 517 g/mol. The molecule has 2 heterocycles. The number of halogens is 4. The molecule has 0 bridgehead atoms.